The average molecular weight is 369 g/mol. The Kier molecular flexibility index (Phi) is 4.68. The van der Waals surface area contributed by atoms with E-state index < -0.39 is 0 Å². The molecule has 0 atom stereocenters. The molecule has 3 rings (SSSR count). The Morgan fingerprint density at radius 3 is 2.78 bits per heavy atom. The molecule has 0 bridgehead atoms. The molecule has 0 radical (unpaired) electrons. The maximum atomic E-state index is 12.0. The molecule has 114 valence electrons. The molecule has 0 saturated carbocycles. The van der Waals surface area contributed by atoms with Crippen LogP contribution in [-0.2, 0) is 0 Å². The number of nitrogens with zero attached hydrogens (tertiary/aromatic N) is 1. The fraction of sp³-hybridized carbons (Fsp3) is 0. The summed E-state index contributed by atoms with van der Waals surface area (Å²) >= 11 is 3.38. The lowest BCUT2D eigenvalue weighted by molar-refractivity contribution is 0.0929. The number of hydrogen-bond acceptors (Lipinski definition) is 3. The molecule has 0 unspecified atom stereocenters. The SMILES string of the molecule is O=C(N/N=C/C=C/c1ccccc1)c1cc2cc(Br)ccc2o1. The maximum Gasteiger partial charge on any atom is 0.307 e. The molecule has 0 spiro atoms. The lowest BCUT2D eigenvalue weighted by Crippen LogP contribution is -2.16. The van der Waals surface area contributed by atoms with Gasteiger partial charge in [-0.05, 0) is 35.9 Å². The third kappa shape index (κ3) is 3.96. The molecular formula is C18H13BrN2O2. The van der Waals surface area contributed by atoms with Crippen LogP contribution < -0.4 is 5.43 Å². The van der Waals surface area contributed by atoms with Gasteiger partial charge in [0.15, 0.2) is 5.76 Å². The first-order valence-corrected chi connectivity index (χ1v) is 7.76. The van der Waals surface area contributed by atoms with Gasteiger partial charge in [0.2, 0.25) is 0 Å². The van der Waals surface area contributed by atoms with Gasteiger partial charge in [0.1, 0.15) is 5.58 Å². The van der Waals surface area contributed by atoms with Crippen LogP contribution in [0.2, 0.25) is 0 Å². The van der Waals surface area contributed by atoms with Crippen molar-refractivity contribution in [3.63, 3.8) is 0 Å². The summed E-state index contributed by atoms with van der Waals surface area (Å²) in [6.07, 6.45) is 5.17. The van der Waals surface area contributed by atoms with Crippen molar-refractivity contribution in [1.29, 1.82) is 0 Å². The normalized spacial score (nSPS) is 11.5. The number of carbonyl (C=O) groups is 1. The van der Waals surface area contributed by atoms with Crippen LogP contribution in [0.1, 0.15) is 16.1 Å². The number of hydrogen-bond donors (Lipinski definition) is 1. The number of carbonyl (C=O) groups excluding carboxylic acids is 1. The summed E-state index contributed by atoms with van der Waals surface area (Å²) in [6.45, 7) is 0. The Hall–Kier alpha value is -2.66. The topological polar surface area (TPSA) is 54.6 Å². The highest BCUT2D eigenvalue weighted by Crippen LogP contribution is 2.23. The average Bonchev–Trinajstić information content (AvgIpc) is 2.98. The van der Waals surface area contributed by atoms with Crippen LogP contribution >= 0.6 is 15.9 Å². The Labute approximate surface area is 141 Å². The number of halogens is 1. The number of amides is 1. The Bertz CT molecular complexity index is 882. The van der Waals surface area contributed by atoms with Crippen molar-refractivity contribution in [1.82, 2.24) is 5.43 Å². The lowest BCUT2D eigenvalue weighted by Gasteiger charge is -1.93. The highest BCUT2D eigenvalue weighted by Gasteiger charge is 2.11. The zero-order chi connectivity index (χ0) is 16.1. The maximum absolute atomic E-state index is 12.0. The van der Waals surface area contributed by atoms with Crippen LogP contribution in [0.4, 0.5) is 0 Å². The second kappa shape index (κ2) is 7.07. The first-order chi connectivity index (χ1) is 11.2. The Morgan fingerprint density at radius 1 is 1.13 bits per heavy atom. The van der Waals surface area contributed by atoms with Gasteiger partial charge in [-0.25, -0.2) is 5.43 Å². The second-order valence-electron chi connectivity index (χ2n) is 4.78. The molecule has 0 saturated heterocycles. The first-order valence-electron chi connectivity index (χ1n) is 6.96. The zero-order valence-corrected chi connectivity index (χ0v) is 13.7. The van der Waals surface area contributed by atoms with E-state index in [4.69, 9.17) is 4.42 Å². The molecule has 5 heteroatoms. The Morgan fingerprint density at radius 2 is 1.96 bits per heavy atom. The second-order valence-corrected chi connectivity index (χ2v) is 5.70. The summed E-state index contributed by atoms with van der Waals surface area (Å²) in [6, 6.07) is 17.1. The zero-order valence-electron chi connectivity index (χ0n) is 12.1. The van der Waals surface area contributed by atoms with E-state index in [1.54, 1.807) is 12.1 Å². The summed E-state index contributed by atoms with van der Waals surface area (Å²) in [4.78, 5) is 12.0. The highest BCUT2D eigenvalue weighted by molar-refractivity contribution is 9.10. The molecule has 0 fully saturated rings. The van der Waals surface area contributed by atoms with Gasteiger partial charge < -0.3 is 4.42 Å². The van der Waals surface area contributed by atoms with E-state index in [-0.39, 0.29) is 11.7 Å². The molecule has 0 aliphatic carbocycles. The van der Waals surface area contributed by atoms with Crippen molar-refractivity contribution >= 4 is 45.1 Å². The van der Waals surface area contributed by atoms with E-state index in [2.05, 4.69) is 26.5 Å². The first kappa shape index (κ1) is 15.2. The number of nitrogens with one attached hydrogen (secondary N) is 1. The van der Waals surface area contributed by atoms with Crippen molar-refractivity contribution in [3.8, 4) is 0 Å². The van der Waals surface area contributed by atoms with Gasteiger partial charge in [-0.15, -0.1) is 0 Å². The number of hydrazone groups is 1. The van der Waals surface area contributed by atoms with Crippen LogP contribution in [-0.4, -0.2) is 12.1 Å². The predicted octanol–water partition coefficient (Wildman–Crippen LogP) is 4.62. The van der Waals surface area contributed by atoms with Crippen molar-refractivity contribution in [3.05, 3.63) is 76.5 Å². The van der Waals surface area contributed by atoms with Crippen LogP contribution in [0, 0.1) is 0 Å². The predicted molar refractivity (Wildman–Crippen MR) is 95.3 cm³/mol. The van der Waals surface area contributed by atoms with Crippen molar-refractivity contribution in [2.75, 3.05) is 0 Å². The molecule has 1 aromatic heterocycles. The van der Waals surface area contributed by atoms with Crippen LogP contribution in [0.3, 0.4) is 0 Å². The molecular weight excluding hydrogens is 356 g/mol. The number of allylic oxidation sites excluding steroid dienone is 1. The van der Waals surface area contributed by atoms with Crippen molar-refractivity contribution in [2.24, 2.45) is 5.10 Å². The van der Waals surface area contributed by atoms with Gasteiger partial charge in [-0.1, -0.05) is 52.3 Å². The van der Waals surface area contributed by atoms with E-state index in [9.17, 15) is 4.79 Å². The molecule has 2 aromatic carbocycles. The monoisotopic (exact) mass is 368 g/mol. The Balaban J connectivity index is 1.62. The summed E-state index contributed by atoms with van der Waals surface area (Å²) in [5, 5.41) is 4.73. The van der Waals surface area contributed by atoms with Gasteiger partial charge in [0.25, 0.3) is 0 Å². The van der Waals surface area contributed by atoms with E-state index in [0.29, 0.717) is 5.58 Å². The van der Waals surface area contributed by atoms with Gasteiger partial charge in [0, 0.05) is 16.1 Å². The fourth-order valence-corrected chi connectivity index (χ4v) is 2.42. The summed E-state index contributed by atoms with van der Waals surface area (Å²) < 4.78 is 6.42. The molecule has 3 aromatic rings. The molecule has 0 aliphatic rings. The van der Waals surface area contributed by atoms with E-state index in [1.165, 1.54) is 6.21 Å². The minimum atomic E-state index is -0.387. The third-order valence-corrected chi connectivity index (χ3v) is 3.61. The van der Waals surface area contributed by atoms with E-state index in [0.717, 1.165) is 15.4 Å². The number of furan rings is 1. The summed E-state index contributed by atoms with van der Waals surface area (Å²) in [7, 11) is 0. The summed E-state index contributed by atoms with van der Waals surface area (Å²) in [5.74, 6) is -0.163. The van der Waals surface area contributed by atoms with Gasteiger partial charge in [-0.3, -0.25) is 4.79 Å². The van der Waals surface area contributed by atoms with E-state index in [1.807, 2.05) is 54.6 Å². The van der Waals surface area contributed by atoms with Gasteiger partial charge in [-0.2, -0.15) is 5.10 Å². The molecule has 23 heavy (non-hydrogen) atoms. The largest absolute Gasteiger partial charge is 0.451 e. The van der Waals surface area contributed by atoms with Gasteiger partial charge in [0.05, 0.1) is 0 Å². The minimum Gasteiger partial charge on any atom is -0.451 e. The quantitative estimate of drug-likeness (QED) is 0.539. The number of rotatable bonds is 4. The molecule has 1 N–H and O–H groups in total. The standard InChI is InChI=1S/C18H13BrN2O2/c19-15-8-9-16-14(11-15)12-17(23-16)18(22)21-20-10-4-7-13-5-2-1-3-6-13/h1-12H,(H,21,22)/b7-4+,20-10+. The van der Waals surface area contributed by atoms with E-state index >= 15 is 0 Å². The number of benzene rings is 2. The third-order valence-electron chi connectivity index (χ3n) is 3.12. The highest BCUT2D eigenvalue weighted by atomic mass is 79.9. The molecule has 1 amide bonds. The number of fused-ring (bicyclic) bond motifs is 1. The molecule has 0 aliphatic heterocycles. The molecule has 4 nitrogen and oxygen atoms in total. The van der Waals surface area contributed by atoms with Gasteiger partial charge >= 0.3 is 5.91 Å². The van der Waals surface area contributed by atoms with Crippen LogP contribution in [0.25, 0.3) is 17.0 Å². The summed E-state index contributed by atoms with van der Waals surface area (Å²) in [5.41, 5.74) is 4.16. The minimum absolute atomic E-state index is 0.224. The van der Waals surface area contributed by atoms with Crippen molar-refractivity contribution in [2.45, 2.75) is 0 Å². The van der Waals surface area contributed by atoms with Crippen LogP contribution in [0.15, 0.2) is 74.7 Å². The smallest absolute Gasteiger partial charge is 0.307 e. The van der Waals surface area contributed by atoms with Crippen molar-refractivity contribution < 1.29 is 9.21 Å². The fourth-order valence-electron chi connectivity index (χ4n) is 2.04. The molecule has 1 heterocycles. The lowest BCUT2D eigenvalue weighted by atomic mass is 10.2. The van der Waals surface area contributed by atoms with Crippen LogP contribution in [0.5, 0.6) is 0 Å².